The highest BCUT2D eigenvalue weighted by Gasteiger charge is 2.16. The van der Waals surface area contributed by atoms with Gasteiger partial charge in [-0.15, -0.1) is 0 Å². The number of amides is 2. The van der Waals surface area contributed by atoms with E-state index in [2.05, 4.69) is 5.32 Å². The highest BCUT2D eigenvalue weighted by Crippen LogP contribution is 2.21. The molecule has 2 amide bonds. The van der Waals surface area contributed by atoms with E-state index >= 15 is 0 Å². The SMILES string of the molecule is COc1ccc(CNC(=O)CN(C(C)=O)c2cccc(OC)c2)cc1. The Balaban J connectivity index is 1.98. The molecule has 132 valence electrons. The number of anilines is 1. The number of ether oxygens (including phenoxy) is 2. The summed E-state index contributed by atoms with van der Waals surface area (Å²) in [5.41, 5.74) is 1.57. The van der Waals surface area contributed by atoms with Crippen LogP contribution in [0.4, 0.5) is 5.69 Å². The fourth-order valence-electron chi connectivity index (χ4n) is 2.31. The van der Waals surface area contributed by atoms with Gasteiger partial charge in [-0.05, 0) is 29.8 Å². The lowest BCUT2D eigenvalue weighted by atomic mass is 10.2. The lowest BCUT2D eigenvalue weighted by molar-refractivity contribution is -0.123. The van der Waals surface area contributed by atoms with Crippen LogP contribution in [-0.4, -0.2) is 32.6 Å². The van der Waals surface area contributed by atoms with E-state index in [0.717, 1.165) is 11.3 Å². The zero-order valence-electron chi connectivity index (χ0n) is 14.6. The number of hydrogen-bond acceptors (Lipinski definition) is 4. The maximum Gasteiger partial charge on any atom is 0.240 e. The molecule has 2 aromatic carbocycles. The van der Waals surface area contributed by atoms with E-state index in [1.807, 2.05) is 24.3 Å². The molecule has 0 bridgehead atoms. The molecule has 25 heavy (non-hydrogen) atoms. The Bertz CT molecular complexity index is 728. The van der Waals surface area contributed by atoms with Gasteiger partial charge in [0.1, 0.15) is 18.0 Å². The van der Waals surface area contributed by atoms with Crippen LogP contribution in [0.5, 0.6) is 11.5 Å². The first kappa shape index (κ1) is 18.3. The number of carbonyl (C=O) groups excluding carboxylic acids is 2. The molecule has 2 aromatic rings. The van der Waals surface area contributed by atoms with E-state index in [1.54, 1.807) is 38.5 Å². The number of benzene rings is 2. The molecule has 0 saturated heterocycles. The molecule has 2 rings (SSSR count). The summed E-state index contributed by atoms with van der Waals surface area (Å²) in [7, 11) is 3.16. The van der Waals surface area contributed by atoms with Crippen LogP contribution < -0.4 is 19.7 Å². The molecule has 1 N–H and O–H groups in total. The van der Waals surface area contributed by atoms with Crippen molar-refractivity contribution in [1.82, 2.24) is 5.32 Å². The predicted molar refractivity (Wildman–Crippen MR) is 95.9 cm³/mol. The van der Waals surface area contributed by atoms with Crippen LogP contribution in [-0.2, 0) is 16.1 Å². The summed E-state index contributed by atoms with van der Waals surface area (Å²) in [4.78, 5) is 25.5. The fourth-order valence-corrected chi connectivity index (χ4v) is 2.31. The van der Waals surface area contributed by atoms with Crippen molar-refractivity contribution in [3.05, 3.63) is 54.1 Å². The van der Waals surface area contributed by atoms with E-state index in [-0.39, 0.29) is 18.4 Å². The highest BCUT2D eigenvalue weighted by atomic mass is 16.5. The van der Waals surface area contributed by atoms with Crippen LogP contribution in [0.1, 0.15) is 12.5 Å². The fraction of sp³-hybridized carbons (Fsp3) is 0.263. The zero-order valence-corrected chi connectivity index (χ0v) is 14.6. The molecule has 0 heterocycles. The van der Waals surface area contributed by atoms with Crippen LogP contribution in [0.2, 0.25) is 0 Å². The predicted octanol–water partition coefficient (Wildman–Crippen LogP) is 2.37. The van der Waals surface area contributed by atoms with Gasteiger partial charge in [0.05, 0.1) is 14.2 Å². The first-order valence-electron chi connectivity index (χ1n) is 7.85. The van der Waals surface area contributed by atoms with Crippen LogP contribution in [0, 0.1) is 0 Å². The third kappa shape index (κ3) is 5.24. The standard InChI is InChI=1S/C19H22N2O4/c1-14(22)21(16-5-4-6-18(11-16)25-3)13-19(23)20-12-15-7-9-17(24-2)10-8-15/h4-11H,12-13H2,1-3H3,(H,20,23). The minimum atomic E-state index is -0.242. The molecule has 0 spiro atoms. The summed E-state index contributed by atoms with van der Waals surface area (Å²) in [6.07, 6.45) is 0. The van der Waals surface area contributed by atoms with E-state index in [4.69, 9.17) is 9.47 Å². The molecule has 0 aliphatic rings. The van der Waals surface area contributed by atoms with Crippen LogP contribution >= 0.6 is 0 Å². The Labute approximate surface area is 147 Å². The van der Waals surface area contributed by atoms with Gasteiger partial charge in [0.15, 0.2) is 0 Å². The monoisotopic (exact) mass is 342 g/mol. The molecule has 0 atom stereocenters. The van der Waals surface area contributed by atoms with Gasteiger partial charge in [-0.2, -0.15) is 0 Å². The number of nitrogens with one attached hydrogen (secondary N) is 1. The third-order valence-electron chi connectivity index (χ3n) is 3.70. The number of hydrogen-bond donors (Lipinski definition) is 1. The minimum absolute atomic E-state index is 0.0569. The van der Waals surface area contributed by atoms with Crippen molar-refractivity contribution in [2.75, 3.05) is 25.7 Å². The molecule has 0 radical (unpaired) electrons. The van der Waals surface area contributed by atoms with Gasteiger partial charge in [-0.3, -0.25) is 9.59 Å². The van der Waals surface area contributed by atoms with E-state index < -0.39 is 0 Å². The second-order valence-corrected chi connectivity index (χ2v) is 5.43. The average molecular weight is 342 g/mol. The maximum atomic E-state index is 12.2. The van der Waals surface area contributed by atoms with Crippen molar-refractivity contribution in [2.24, 2.45) is 0 Å². The zero-order chi connectivity index (χ0) is 18.2. The van der Waals surface area contributed by atoms with Gasteiger partial charge >= 0.3 is 0 Å². The Kier molecular flexibility index (Phi) is 6.39. The van der Waals surface area contributed by atoms with Gasteiger partial charge < -0.3 is 19.7 Å². The van der Waals surface area contributed by atoms with Gasteiger partial charge in [-0.25, -0.2) is 0 Å². The second-order valence-electron chi connectivity index (χ2n) is 5.43. The molecule has 6 nitrogen and oxygen atoms in total. The van der Waals surface area contributed by atoms with Gasteiger partial charge in [0.25, 0.3) is 0 Å². The van der Waals surface area contributed by atoms with E-state index in [1.165, 1.54) is 11.8 Å². The summed E-state index contributed by atoms with van der Waals surface area (Å²) in [5.74, 6) is 0.930. The topological polar surface area (TPSA) is 67.9 Å². The largest absolute Gasteiger partial charge is 0.497 e. The molecule has 0 saturated carbocycles. The summed E-state index contributed by atoms with van der Waals surface area (Å²) >= 11 is 0. The van der Waals surface area contributed by atoms with Gasteiger partial charge in [-0.1, -0.05) is 18.2 Å². The smallest absolute Gasteiger partial charge is 0.240 e. The van der Waals surface area contributed by atoms with Gasteiger partial charge in [0, 0.05) is 25.2 Å². The quantitative estimate of drug-likeness (QED) is 0.839. The van der Waals surface area contributed by atoms with Crippen molar-refractivity contribution >= 4 is 17.5 Å². The lowest BCUT2D eigenvalue weighted by Gasteiger charge is -2.21. The first-order valence-corrected chi connectivity index (χ1v) is 7.85. The van der Waals surface area contributed by atoms with Crippen molar-refractivity contribution < 1.29 is 19.1 Å². The molecule has 0 fully saturated rings. The van der Waals surface area contributed by atoms with E-state index in [0.29, 0.717) is 18.0 Å². The average Bonchev–Trinajstić information content (AvgIpc) is 2.64. The Hall–Kier alpha value is -3.02. The number of methoxy groups -OCH3 is 2. The Morgan fingerprint density at radius 2 is 1.68 bits per heavy atom. The summed E-state index contributed by atoms with van der Waals surface area (Å²) in [5, 5.41) is 2.82. The Morgan fingerprint density at radius 3 is 2.28 bits per heavy atom. The summed E-state index contributed by atoms with van der Waals surface area (Å²) in [6.45, 7) is 1.75. The minimum Gasteiger partial charge on any atom is -0.497 e. The third-order valence-corrected chi connectivity index (χ3v) is 3.70. The van der Waals surface area contributed by atoms with Crippen LogP contribution in [0.3, 0.4) is 0 Å². The van der Waals surface area contributed by atoms with Crippen LogP contribution in [0.15, 0.2) is 48.5 Å². The first-order chi connectivity index (χ1) is 12.0. The molecule has 0 aliphatic heterocycles. The maximum absolute atomic E-state index is 12.2. The van der Waals surface area contributed by atoms with Crippen molar-refractivity contribution in [3.8, 4) is 11.5 Å². The molecule has 0 unspecified atom stereocenters. The molecule has 0 aromatic heterocycles. The van der Waals surface area contributed by atoms with Crippen molar-refractivity contribution in [3.63, 3.8) is 0 Å². The van der Waals surface area contributed by atoms with Crippen molar-refractivity contribution in [2.45, 2.75) is 13.5 Å². The molecule has 0 aliphatic carbocycles. The van der Waals surface area contributed by atoms with Crippen LogP contribution in [0.25, 0.3) is 0 Å². The molecular formula is C19H22N2O4. The highest BCUT2D eigenvalue weighted by molar-refractivity contribution is 5.97. The molecule has 6 heteroatoms. The summed E-state index contributed by atoms with van der Waals surface area (Å²) < 4.78 is 10.3. The lowest BCUT2D eigenvalue weighted by Crippen LogP contribution is -2.39. The number of nitrogens with zero attached hydrogens (tertiary/aromatic N) is 1. The normalized spacial score (nSPS) is 10.0. The van der Waals surface area contributed by atoms with Crippen molar-refractivity contribution in [1.29, 1.82) is 0 Å². The number of carbonyl (C=O) groups is 2. The van der Waals surface area contributed by atoms with Gasteiger partial charge in [0.2, 0.25) is 11.8 Å². The Morgan fingerprint density at radius 1 is 1.00 bits per heavy atom. The van der Waals surface area contributed by atoms with E-state index in [9.17, 15) is 9.59 Å². The molecular weight excluding hydrogens is 320 g/mol. The summed E-state index contributed by atoms with van der Waals surface area (Å²) in [6, 6.07) is 14.5. The number of rotatable bonds is 7. The second kappa shape index (κ2) is 8.73.